The van der Waals surface area contributed by atoms with E-state index in [1.54, 1.807) is 0 Å². The van der Waals surface area contributed by atoms with Gasteiger partial charge in [-0.05, 0) is 12.1 Å². The molecule has 0 amide bonds. The van der Waals surface area contributed by atoms with Crippen LogP contribution in [0.4, 0.5) is 5.69 Å². The van der Waals surface area contributed by atoms with Crippen molar-refractivity contribution in [3.05, 3.63) is 36.4 Å². The van der Waals surface area contributed by atoms with Gasteiger partial charge in [-0.15, -0.1) is 0 Å². The van der Waals surface area contributed by atoms with Crippen molar-refractivity contribution in [3.63, 3.8) is 0 Å². The first kappa shape index (κ1) is 9.98. The fraction of sp³-hybridized carbons (Fsp3) is 0. The van der Waals surface area contributed by atoms with Gasteiger partial charge in [-0.1, -0.05) is 12.7 Å². The Kier molecular flexibility index (Phi) is 3.01. The lowest BCUT2D eigenvalue weighted by atomic mass is 10.2. The molecule has 0 heterocycles. The average molecular weight is 191 g/mol. The van der Waals surface area contributed by atoms with Crippen LogP contribution in [0.15, 0.2) is 35.8 Å². The Morgan fingerprint density at radius 1 is 1.50 bits per heavy atom. The van der Waals surface area contributed by atoms with Crippen molar-refractivity contribution >= 4 is 17.9 Å². The number of aromatic hydroxyl groups is 1. The van der Waals surface area contributed by atoms with Gasteiger partial charge in [-0.3, -0.25) is 4.99 Å². The maximum absolute atomic E-state index is 10.5. The third-order valence-electron chi connectivity index (χ3n) is 1.54. The lowest BCUT2D eigenvalue weighted by molar-refractivity contribution is 0.0694. The summed E-state index contributed by atoms with van der Waals surface area (Å²) in [6.45, 7) is 3.44. The molecule has 72 valence electrons. The molecule has 0 aromatic heterocycles. The van der Waals surface area contributed by atoms with Crippen LogP contribution in [0.5, 0.6) is 5.75 Å². The molecule has 1 rings (SSSR count). The SMILES string of the molecule is C=CC=Nc1ccc(C(=O)O)c(O)c1. The first-order valence-electron chi connectivity index (χ1n) is 3.86. The molecule has 0 atom stereocenters. The lowest BCUT2D eigenvalue weighted by Gasteiger charge is -1.99. The Hall–Kier alpha value is -2.10. The molecule has 4 heteroatoms. The van der Waals surface area contributed by atoms with Gasteiger partial charge < -0.3 is 10.2 Å². The van der Waals surface area contributed by atoms with Crippen LogP contribution in [-0.4, -0.2) is 22.4 Å². The third-order valence-corrected chi connectivity index (χ3v) is 1.54. The van der Waals surface area contributed by atoms with E-state index in [1.165, 1.54) is 30.5 Å². The summed E-state index contributed by atoms with van der Waals surface area (Å²) < 4.78 is 0. The van der Waals surface area contributed by atoms with Gasteiger partial charge >= 0.3 is 5.97 Å². The van der Waals surface area contributed by atoms with E-state index in [1.807, 2.05) is 0 Å². The highest BCUT2D eigenvalue weighted by atomic mass is 16.4. The van der Waals surface area contributed by atoms with Crippen LogP contribution in [0.2, 0.25) is 0 Å². The van der Waals surface area contributed by atoms with Gasteiger partial charge in [0.25, 0.3) is 0 Å². The molecule has 0 aliphatic heterocycles. The number of hydrogen-bond acceptors (Lipinski definition) is 3. The fourth-order valence-corrected chi connectivity index (χ4v) is 0.920. The monoisotopic (exact) mass is 191 g/mol. The van der Waals surface area contributed by atoms with Gasteiger partial charge in [0.1, 0.15) is 11.3 Å². The second-order valence-electron chi connectivity index (χ2n) is 2.52. The summed E-state index contributed by atoms with van der Waals surface area (Å²) in [5, 5.41) is 17.9. The highest BCUT2D eigenvalue weighted by molar-refractivity contribution is 5.91. The van der Waals surface area contributed by atoms with Gasteiger partial charge in [0.15, 0.2) is 0 Å². The van der Waals surface area contributed by atoms with Crippen LogP contribution in [0.3, 0.4) is 0 Å². The van der Waals surface area contributed by atoms with Gasteiger partial charge in [0.2, 0.25) is 0 Å². The number of hydrogen-bond donors (Lipinski definition) is 2. The van der Waals surface area contributed by atoms with Crippen molar-refractivity contribution in [3.8, 4) is 5.75 Å². The van der Waals surface area contributed by atoms with E-state index >= 15 is 0 Å². The number of carbonyl (C=O) groups is 1. The molecule has 0 radical (unpaired) electrons. The minimum absolute atomic E-state index is 0.137. The predicted molar refractivity (Wildman–Crippen MR) is 53.4 cm³/mol. The molecule has 1 aromatic carbocycles. The Morgan fingerprint density at radius 3 is 2.71 bits per heavy atom. The fourth-order valence-electron chi connectivity index (χ4n) is 0.920. The zero-order valence-electron chi connectivity index (χ0n) is 7.34. The van der Waals surface area contributed by atoms with Gasteiger partial charge in [0, 0.05) is 12.3 Å². The molecule has 2 N–H and O–H groups in total. The molecule has 0 aliphatic rings. The highest BCUT2D eigenvalue weighted by Gasteiger charge is 2.08. The maximum atomic E-state index is 10.5. The number of rotatable bonds is 3. The highest BCUT2D eigenvalue weighted by Crippen LogP contribution is 2.23. The summed E-state index contributed by atoms with van der Waals surface area (Å²) >= 11 is 0. The molecule has 0 aliphatic carbocycles. The average Bonchev–Trinajstić information content (AvgIpc) is 2.14. The standard InChI is InChI=1S/C10H9NO3/c1-2-5-11-7-3-4-8(10(13)14)9(12)6-7/h2-6,12H,1H2,(H,13,14). The molecule has 4 nitrogen and oxygen atoms in total. The van der Waals surface area contributed by atoms with Crippen LogP contribution in [-0.2, 0) is 0 Å². The predicted octanol–water partition coefficient (Wildman–Crippen LogP) is 1.98. The van der Waals surface area contributed by atoms with Crippen molar-refractivity contribution in [2.24, 2.45) is 4.99 Å². The third kappa shape index (κ3) is 2.20. The summed E-state index contributed by atoms with van der Waals surface area (Å²) in [6.07, 6.45) is 2.94. The van der Waals surface area contributed by atoms with Crippen LogP contribution >= 0.6 is 0 Å². The molecule has 0 saturated carbocycles. The quantitative estimate of drug-likeness (QED) is 0.717. The largest absolute Gasteiger partial charge is 0.507 e. The molecular weight excluding hydrogens is 182 g/mol. The van der Waals surface area contributed by atoms with E-state index in [0.29, 0.717) is 5.69 Å². The van der Waals surface area contributed by atoms with Crippen LogP contribution in [0.25, 0.3) is 0 Å². The Labute approximate surface area is 80.8 Å². The zero-order valence-corrected chi connectivity index (χ0v) is 7.34. The van der Waals surface area contributed by atoms with E-state index in [4.69, 9.17) is 5.11 Å². The number of carboxylic acids is 1. The number of allylic oxidation sites excluding steroid dienone is 1. The molecule has 0 bridgehead atoms. The lowest BCUT2D eigenvalue weighted by Crippen LogP contribution is -1.95. The van der Waals surface area contributed by atoms with Crippen molar-refractivity contribution in [2.45, 2.75) is 0 Å². The first-order chi connectivity index (χ1) is 6.65. The summed E-state index contributed by atoms with van der Waals surface area (Å²) in [7, 11) is 0. The molecule has 0 saturated heterocycles. The smallest absolute Gasteiger partial charge is 0.339 e. The number of nitrogens with zero attached hydrogens (tertiary/aromatic N) is 1. The molecule has 0 unspecified atom stereocenters. The van der Waals surface area contributed by atoms with E-state index < -0.39 is 5.97 Å². The molecule has 0 fully saturated rings. The summed E-state index contributed by atoms with van der Waals surface area (Å²) in [5.74, 6) is -1.46. The summed E-state index contributed by atoms with van der Waals surface area (Å²) in [4.78, 5) is 14.4. The Balaban J connectivity index is 3.06. The van der Waals surface area contributed by atoms with Gasteiger partial charge in [-0.2, -0.15) is 0 Å². The number of phenols is 1. The Morgan fingerprint density at radius 2 is 2.21 bits per heavy atom. The minimum atomic E-state index is -1.17. The number of carboxylic acid groups (broad SMARTS) is 1. The second kappa shape index (κ2) is 4.23. The maximum Gasteiger partial charge on any atom is 0.339 e. The topological polar surface area (TPSA) is 69.9 Å². The van der Waals surface area contributed by atoms with Gasteiger partial charge in [-0.25, -0.2) is 4.79 Å². The Bertz CT molecular complexity index is 396. The molecular formula is C10H9NO3. The van der Waals surface area contributed by atoms with Crippen LogP contribution in [0.1, 0.15) is 10.4 Å². The van der Waals surface area contributed by atoms with E-state index in [2.05, 4.69) is 11.6 Å². The van der Waals surface area contributed by atoms with E-state index in [-0.39, 0.29) is 11.3 Å². The van der Waals surface area contributed by atoms with E-state index in [0.717, 1.165) is 0 Å². The number of benzene rings is 1. The van der Waals surface area contributed by atoms with E-state index in [9.17, 15) is 9.90 Å². The van der Waals surface area contributed by atoms with Crippen molar-refractivity contribution in [2.75, 3.05) is 0 Å². The number of aromatic carboxylic acids is 1. The van der Waals surface area contributed by atoms with Crippen molar-refractivity contribution in [1.29, 1.82) is 0 Å². The summed E-state index contributed by atoms with van der Waals surface area (Å²) in [6, 6.07) is 4.08. The van der Waals surface area contributed by atoms with Crippen LogP contribution < -0.4 is 0 Å². The first-order valence-corrected chi connectivity index (χ1v) is 3.86. The molecule has 0 spiro atoms. The zero-order chi connectivity index (χ0) is 10.6. The molecule has 1 aromatic rings. The minimum Gasteiger partial charge on any atom is -0.507 e. The normalized spacial score (nSPS) is 10.3. The van der Waals surface area contributed by atoms with Crippen LogP contribution in [0, 0.1) is 0 Å². The molecule has 14 heavy (non-hydrogen) atoms. The van der Waals surface area contributed by atoms with Gasteiger partial charge in [0.05, 0.1) is 5.69 Å². The summed E-state index contributed by atoms with van der Waals surface area (Å²) in [5.41, 5.74) is 0.343. The number of aliphatic imine (C=N–C) groups is 1. The second-order valence-corrected chi connectivity index (χ2v) is 2.52. The van der Waals surface area contributed by atoms with Crippen molar-refractivity contribution < 1.29 is 15.0 Å². The van der Waals surface area contributed by atoms with Crippen molar-refractivity contribution in [1.82, 2.24) is 0 Å².